The minimum atomic E-state index is -0.757. The number of carboxylic acids is 1. The third kappa shape index (κ3) is 3.90. The maximum Gasteiger partial charge on any atom is 0.303 e. The monoisotopic (exact) mass is 213 g/mol. The summed E-state index contributed by atoms with van der Waals surface area (Å²) in [7, 11) is 0. The average Bonchev–Trinajstić information content (AvgIpc) is 2.17. The van der Waals surface area contributed by atoms with E-state index in [1.54, 1.807) is 0 Å². The van der Waals surface area contributed by atoms with Crippen LogP contribution < -0.4 is 0 Å². The van der Waals surface area contributed by atoms with Crippen LogP contribution in [0, 0.1) is 0 Å². The molecule has 0 radical (unpaired) electrons. The van der Waals surface area contributed by atoms with Gasteiger partial charge in [0.25, 0.3) is 0 Å². The molecule has 15 heavy (non-hydrogen) atoms. The minimum absolute atomic E-state index is 0.192. The lowest BCUT2D eigenvalue weighted by molar-refractivity contribution is -0.137. The van der Waals surface area contributed by atoms with Crippen molar-refractivity contribution in [3.63, 3.8) is 0 Å². The highest BCUT2D eigenvalue weighted by molar-refractivity contribution is 5.77. The molecule has 1 rings (SSSR count). The van der Waals surface area contributed by atoms with Gasteiger partial charge >= 0.3 is 5.97 Å². The molecule has 1 amide bonds. The molecular formula is C11H19NO3. The Morgan fingerprint density at radius 3 is 2.87 bits per heavy atom. The molecule has 0 spiro atoms. The van der Waals surface area contributed by atoms with Gasteiger partial charge in [-0.2, -0.15) is 0 Å². The first-order valence-corrected chi connectivity index (χ1v) is 5.62. The molecule has 0 bridgehead atoms. The molecule has 4 nitrogen and oxygen atoms in total. The van der Waals surface area contributed by atoms with Crippen molar-refractivity contribution in [2.75, 3.05) is 6.54 Å². The number of amides is 1. The largest absolute Gasteiger partial charge is 0.481 e. The van der Waals surface area contributed by atoms with Crippen LogP contribution in [0.4, 0.5) is 0 Å². The van der Waals surface area contributed by atoms with Crippen LogP contribution in [0.3, 0.4) is 0 Å². The summed E-state index contributed by atoms with van der Waals surface area (Å²) in [5.41, 5.74) is 0. The lowest BCUT2D eigenvalue weighted by Crippen LogP contribution is -2.41. The molecule has 0 aromatic carbocycles. The molecule has 0 aromatic heterocycles. The number of aliphatic carboxylic acids is 1. The van der Waals surface area contributed by atoms with Crippen LogP contribution in [-0.4, -0.2) is 34.5 Å². The Balaban J connectivity index is 2.28. The predicted octanol–water partition coefficient (Wildman–Crippen LogP) is 1.64. The van der Waals surface area contributed by atoms with Crippen molar-refractivity contribution in [2.24, 2.45) is 0 Å². The lowest BCUT2D eigenvalue weighted by atomic mass is 10.0. The van der Waals surface area contributed by atoms with Crippen molar-refractivity contribution in [1.82, 2.24) is 4.90 Å². The third-order valence-corrected chi connectivity index (χ3v) is 2.90. The van der Waals surface area contributed by atoms with Crippen LogP contribution in [0.1, 0.15) is 45.4 Å². The quantitative estimate of drug-likeness (QED) is 0.755. The SMILES string of the molecule is CC(CCCC(=O)O)N1CCCCC1=O. The van der Waals surface area contributed by atoms with Gasteiger partial charge in [0.15, 0.2) is 0 Å². The van der Waals surface area contributed by atoms with Crippen LogP contribution in [-0.2, 0) is 9.59 Å². The zero-order valence-corrected chi connectivity index (χ0v) is 9.24. The van der Waals surface area contributed by atoms with E-state index in [0.717, 1.165) is 25.8 Å². The molecule has 1 aliphatic rings. The smallest absolute Gasteiger partial charge is 0.303 e. The number of nitrogens with zero attached hydrogens (tertiary/aromatic N) is 1. The van der Waals surface area contributed by atoms with Gasteiger partial charge in [0.2, 0.25) is 5.91 Å². The van der Waals surface area contributed by atoms with E-state index in [-0.39, 0.29) is 18.4 Å². The van der Waals surface area contributed by atoms with Gasteiger partial charge in [-0.05, 0) is 32.6 Å². The van der Waals surface area contributed by atoms with E-state index < -0.39 is 5.97 Å². The van der Waals surface area contributed by atoms with Gasteiger partial charge in [-0.15, -0.1) is 0 Å². The highest BCUT2D eigenvalue weighted by atomic mass is 16.4. The van der Waals surface area contributed by atoms with Gasteiger partial charge < -0.3 is 10.0 Å². The molecule has 4 heteroatoms. The molecule has 1 aliphatic heterocycles. The summed E-state index contributed by atoms with van der Waals surface area (Å²) in [6.45, 7) is 2.85. The average molecular weight is 213 g/mol. The van der Waals surface area contributed by atoms with E-state index in [1.165, 1.54) is 0 Å². The number of piperidine rings is 1. The highest BCUT2D eigenvalue weighted by Crippen LogP contribution is 2.16. The summed E-state index contributed by atoms with van der Waals surface area (Å²) in [6, 6.07) is 0.192. The zero-order chi connectivity index (χ0) is 11.3. The fourth-order valence-electron chi connectivity index (χ4n) is 2.00. The molecule has 1 unspecified atom stereocenters. The van der Waals surface area contributed by atoms with Gasteiger partial charge in [-0.1, -0.05) is 0 Å². The predicted molar refractivity (Wildman–Crippen MR) is 56.5 cm³/mol. The van der Waals surface area contributed by atoms with Gasteiger partial charge in [0.05, 0.1) is 0 Å². The maximum absolute atomic E-state index is 11.5. The first kappa shape index (κ1) is 12.0. The number of carboxylic acid groups (broad SMARTS) is 1. The van der Waals surface area contributed by atoms with Crippen LogP contribution in [0.25, 0.3) is 0 Å². The van der Waals surface area contributed by atoms with Crippen molar-refractivity contribution in [1.29, 1.82) is 0 Å². The fourth-order valence-corrected chi connectivity index (χ4v) is 2.00. The van der Waals surface area contributed by atoms with Crippen LogP contribution in [0.5, 0.6) is 0 Å². The fraction of sp³-hybridized carbons (Fsp3) is 0.818. The third-order valence-electron chi connectivity index (χ3n) is 2.90. The molecule has 0 aliphatic carbocycles. The lowest BCUT2D eigenvalue weighted by Gasteiger charge is -2.32. The summed E-state index contributed by atoms with van der Waals surface area (Å²) in [6.07, 6.45) is 4.38. The number of hydrogen-bond donors (Lipinski definition) is 1. The zero-order valence-electron chi connectivity index (χ0n) is 9.24. The number of carbonyl (C=O) groups excluding carboxylic acids is 1. The van der Waals surface area contributed by atoms with Gasteiger partial charge in [0, 0.05) is 25.4 Å². The Kier molecular flexibility index (Phi) is 4.59. The first-order valence-electron chi connectivity index (χ1n) is 5.62. The number of rotatable bonds is 5. The summed E-state index contributed by atoms with van der Waals surface area (Å²) in [5, 5.41) is 8.51. The normalized spacial score (nSPS) is 19.0. The molecule has 1 saturated heterocycles. The van der Waals surface area contributed by atoms with Crippen molar-refractivity contribution < 1.29 is 14.7 Å². The summed E-state index contributed by atoms with van der Waals surface area (Å²) in [5.74, 6) is -0.531. The second-order valence-corrected chi connectivity index (χ2v) is 4.18. The van der Waals surface area contributed by atoms with E-state index in [4.69, 9.17) is 5.11 Å². The van der Waals surface area contributed by atoms with Crippen molar-refractivity contribution in [2.45, 2.75) is 51.5 Å². The van der Waals surface area contributed by atoms with E-state index in [2.05, 4.69) is 0 Å². The maximum atomic E-state index is 11.5. The van der Waals surface area contributed by atoms with Gasteiger partial charge in [-0.3, -0.25) is 9.59 Å². The molecule has 86 valence electrons. The number of carbonyl (C=O) groups is 2. The molecule has 1 fully saturated rings. The summed E-state index contributed by atoms with van der Waals surface area (Å²) < 4.78 is 0. The van der Waals surface area contributed by atoms with E-state index >= 15 is 0 Å². The van der Waals surface area contributed by atoms with E-state index in [0.29, 0.717) is 12.8 Å². The van der Waals surface area contributed by atoms with E-state index in [1.807, 2.05) is 11.8 Å². The van der Waals surface area contributed by atoms with Gasteiger partial charge in [0.1, 0.15) is 0 Å². The standard InChI is InChI=1S/C11H19NO3/c1-9(5-4-7-11(14)15)12-8-3-2-6-10(12)13/h9H,2-8H2,1H3,(H,14,15). The first-order chi connectivity index (χ1) is 7.11. The van der Waals surface area contributed by atoms with Crippen LogP contribution in [0.2, 0.25) is 0 Å². The molecule has 0 aromatic rings. The van der Waals surface area contributed by atoms with Crippen molar-refractivity contribution in [3.8, 4) is 0 Å². The Bertz CT molecular complexity index is 240. The Hall–Kier alpha value is -1.06. The highest BCUT2D eigenvalue weighted by Gasteiger charge is 2.22. The Labute approximate surface area is 90.3 Å². The van der Waals surface area contributed by atoms with Crippen LogP contribution in [0.15, 0.2) is 0 Å². The van der Waals surface area contributed by atoms with Crippen molar-refractivity contribution in [3.05, 3.63) is 0 Å². The molecule has 1 N–H and O–H groups in total. The van der Waals surface area contributed by atoms with E-state index in [9.17, 15) is 9.59 Å². The molecular weight excluding hydrogens is 194 g/mol. The molecule has 0 saturated carbocycles. The minimum Gasteiger partial charge on any atom is -0.481 e. The second kappa shape index (κ2) is 5.73. The Morgan fingerprint density at radius 2 is 2.27 bits per heavy atom. The number of hydrogen-bond acceptors (Lipinski definition) is 2. The molecule has 1 atom stereocenters. The number of likely N-dealkylation sites (tertiary alicyclic amines) is 1. The summed E-state index contributed by atoms with van der Waals surface area (Å²) >= 11 is 0. The summed E-state index contributed by atoms with van der Waals surface area (Å²) in [4.78, 5) is 23.8. The molecule has 1 heterocycles. The second-order valence-electron chi connectivity index (χ2n) is 4.18. The van der Waals surface area contributed by atoms with Gasteiger partial charge in [-0.25, -0.2) is 0 Å². The van der Waals surface area contributed by atoms with Crippen LogP contribution >= 0.6 is 0 Å². The topological polar surface area (TPSA) is 57.6 Å². The van der Waals surface area contributed by atoms with Crippen molar-refractivity contribution >= 4 is 11.9 Å². The Morgan fingerprint density at radius 1 is 1.53 bits per heavy atom.